The summed E-state index contributed by atoms with van der Waals surface area (Å²) in [7, 11) is 0. The summed E-state index contributed by atoms with van der Waals surface area (Å²) in [5, 5.41) is 10.0. The van der Waals surface area contributed by atoms with Crippen LogP contribution in [0.25, 0.3) is 10.1 Å². The molecule has 0 atom stereocenters. The van der Waals surface area contributed by atoms with Crippen molar-refractivity contribution >= 4 is 45.7 Å². The molecule has 0 saturated carbocycles. The number of thiophene rings is 1. The molecular formula is C20H22ClN5O2S. The number of hydroxylamine groups is 1. The molecule has 2 N–H and O–H groups in total. The maximum atomic E-state index is 11.4. The molecule has 2 aliphatic heterocycles. The van der Waals surface area contributed by atoms with Gasteiger partial charge in [-0.2, -0.15) is 0 Å². The second-order valence-electron chi connectivity index (χ2n) is 7.78. The number of likely N-dealkylation sites (tertiary alicyclic amines) is 1. The Kier molecular flexibility index (Phi) is 5.44. The summed E-state index contributed by atoms with van der Waals surface area (Å²) in [4.78, 5) is 26.1. The Hall–Kier alpha value is -2.26. The Balaban J connectivity index is 0.00000205. The van der Waals surface area contributed by atoms with E-state index in [1.54, 1.807) is 5.48 Å². The maximum Gasteiger partial charge on any atom is 0.277 e. The van der Waals surface area contributed by atoms with Crippen LogP contribution in [-0.4, -0.2) is 52.2 Å². The third-order valence-electron chi connectivity index (χ3n) is 5.70. The Labute approximate surface area is 178 Å². The maximum absolute atomic E-state index is 11.4. The van der Waals surface area contributed by atoms with Crippen LogP contribution in [0, 0.1) is 5.41 Å². The third kappa shape index (κ3) is 3.81. The highest BCUT2D eigenvalue weighted by molar-refractivity contribution is 7.19. The molecule has 0 unspecified atom stereocenters. The van der Waals surface area contributed by atoms with Crippen LogP contribution in [-0.2, 0) is 6.54 Å². The number of nitrogens with zero attached hydrogens (tertiary/aromatic N) is 4. The van der Waals surface area contributed by atoms with Crippen LogP contribution in [0.2, 0.25) is 0 Å². The van der Waals surface area contributed by atoms with Gasteiger partial charge in [-0.1, -0.05) is 18.2 Å². The Morgan fingerprint density at radius 1 is 1.21 bits per heavy atom. The first-order valence-electron chi connectivity index (χ1n) is 9.35. The second-order valence-corrected chi connectivity index (χ2v) is 8.95. The number of rotatable bonds is 4. The van der Waals surface area contributed by atoms with Gasteiger partial charge in [0, 0.05) is 60.1 Å². The Morgan fingerprint density at radius 2 is 1.97 bits per heavy atom. The number of anilines is 1. The van der Waals surface area contributed by atoms with Crippen LogP contribution in [0.15, 0.2) is 42.7 Å². The van der Waals surface area contributed by atoms with Crippen molar-refractivity contribution in [2.45, 2.75) is 13.0 Å². The largest absolute Gasteiger partial charge is 0.340 e. The normalized spacial score (nSPS) is 17.9. The van der Waals surface area contributed by atoms with Crippen molar-refractivity contribution in [1.82, 2.24) is 20.3 Å². The molecule has 3 aromatic rings. The topological polar surface area (TPSA) is 81.6 Å². The van der Waals surface area contributed by atoms with Gasteiger partial charge in [0.25, 0.3) is 5.91 Å². The molecule has 0 radical (unpaired) electrons. The quantitative estimate of drug-likeness (QED) is 0.488. The van der Waals surface area contributed by atoms with Crippen LogP contribution >= 0.6 is 23.7 Å². The molecule has 1 aromatic carbocycles. The molecule has 2 fully saturated rings. The molecule has 0 bridgehead atoms. The molecule has 2 aromatic heterocycles. The lowest BCUT2D eigenvalue weighted by Gasteiger charge is -2.48. The predicted molar refractivity (Wildman–Crippen MR) is 115 cm³/mol. The molecule has 1 amide bonds. The molecule has 7 nitrogen and oxygen atoms in total. The first kappa shape index (κ1) is 20.0. The van der Waals surface area contributed by atoms with E-state index in [1.807, 2.05) is 11.3 Å². The number of nitrogens with one attached hydrogen (secondary N) is 1. The summed E-state index contributed by atoms with van der Waals surface area (Å²) < 4.78 is 1.36. The molecule has 2 saturated heterocycles. The molecule has 1 spiro atoms. The Bertz CT molecular complexity index is 986. The minimum Gasteiger partial charge on any atom is -0.340 e. The van der Waals surface area contributed by atoms with Crippen molar-refractivity contribution in [1.29, 1.82) is 0 Å². The SMILES string of the molecule is Cl.O=C(NO)c1cnc(N2CCC3(CN(Cc4cc5ccccc5s4)C3)C2)nc1. The third-order valence-corrected chi connectivity index (χ3v) is 6.80. The monoisotopic (exact) mass is 431 g/mol. The van der Waals surface area contributed by atoms with Crippen molar-refractivity contribution < 1.29 is 10.0 Å². The highest BCUT2D eigenvalue weighted by Crippen LogP contribution is 2.41. The van der Waals surface area contributed by atoms with Gasteiger partial charge >= 0.3 is 0 Å². The lowest BCUT2D eigenvalue weighted by atomic mass is 9.79. The molecule has 2 aliphatic rings. The van der Waals surface area contributed by atoms with Crippen molar-refractivity contribution in [2.75, 3.05) is 31.1 Å². The number of benzene rings is 1. The second kappa shape index (κ2) is 7.87. The van der Waals surface area contributed by atoms with Gasteiger partial charge in [-0.05, 0) is 23.9 Å². The van der Waals surface area contributed by atoms with Crippen LogP contribution < -0.4 is 10.4 Å². The van der Waals surface area contributed by atoms with Gasteiger partial charge in [-0.15, -0.1) is 23.7 Å². The number of carbonyl (C=O) groups is 1. The molecule has 9 heteroatoms. The molecule has 29 heavy (non-hydrogen) atoms. The smallest absolute Gasteiger partial charge is 0.277 e. The number of aromatic nitrogens is 2. The zero-order valence-corrected chi connectivity index (χ0v) is 17.4. The zero-order chi connectivity index (χ0) is 19.1. The number of amides is 1. The zero-order valence-electron chi connectivity index (χ0n) is 15.7. The summed E-state index contributed by atoms with van der Waals surface area (Å²) >= 11 is 1.89. The van der Waals surface area contributed by atoms with E-state index in [0.717, 1.165) is 39.1 Å². The van der Waals surface area contributed by atoms with Crippen LogP contribution in [0.3, 0.4) is 0 Å². The summed E-state index contributed by atoms with van der Waals surface area (Å²) in [5.41, 5.74) is 2.17. The van der Waals surface area contributed by atoms with Crippen LogP contribution in [0.4, 0.5) is 5.95 Å². The van der Waals surface area contributed by atoms with E-state index in [-0.39, 0.29) is 18.0 Å². The van der Waals surface area contributed by atoms with E-state index in [1.165, 1.54) is 27.4 Å². The van der Waals surface area contributed by atoms with E-state index in [4.69, 9.17) is 5.21 Å². The highest BCUT2D eigenvalue weighted by Gasteiger charge is 2.48. The summed E-state index contributed by atoms with van der Waals surface area (Å²) in [5.74, 6) is 0.0506. The lowest BCUT2D eigenvalue weighted by Crippen LogP contribution is -2.56. The average molecular weight is 432 g/mol. The van der Waals surface area contributed by atoms with Gasteiger partial charge in [0.15, 0.2) is 0 Å². The summed E-state index contributed by atoms with van der Waals surface area (Å²) in [6.45, 7) is 5.10. The van der Waals surface area contributed by atoms with E-state index >= 15 is 0 Å². The van der Waals surface area contributed by atoms with E-state index in [2.05, 4.69) is 50.1 Å². The van der Waals surface area contributed by atoms with Gasteiger partial charge < -0.3 is 4.90 Å². The molecule has 152 valence electrons. The lowest BCUT2D eigenvalue weighted by molar-refractivity contribution is 0.0124. The van der Waals surface area contributed by atoms with Crippen LogP contribution in [0.1, 0.15) is 21.7 Å². The number of hydrogen-bond donors (Lipinski definition) is 2. The van der Waals surface area contributed by atoms with Gasteiger partial charge in [0.1, 0.15) is 0 Å². The Morgan fingerprint density at radius 3 is 2.69 bits per heavy atom. The molecule has 0 aliphatic carbocycles. The van der Waals surface area contributed by atoms with Crippen molar-refractivity contribution in [2.24, 2.45) is 5.41 Å². The van der Waals surface area contributed by atoms with E-state index in [0.29, 0.717) is 11.4 Å². The fourth-order valence-corrected chi connectivity index (χ4v) is 5.49. The minimum atomic E-state index is -0.597. The van der Waals surface area contributed by atoms with Gasteiger partial charge in [0.05, 0.1) is 5.56 Å². The number of hydrogen-bond acceptors (Lipinski definition) is 7. The van der Waals surface area contributed by atoms with Gasteiger partial charge in [0.2, 0.25) is 5.95 Å². The van der Waals surface area contributed by atoms with Crippen molar-refractivity contribution in [3.63, 3.8) is 0 Å². The first-order chi connectivity index (χ1) is 13.6. The van der Waals surface area contributed by atoms with E-state index in [9.17, 15) is 4.79 Å². The van der Waals surface area contributed by atoms with Crippen molar-refractivity contribution in [3.8, 4) is 0 Å². The average Bonchev–Trinajstić information content (AvgIpc) is 3.31. The number of fused-ring (bicyclic) bond motifs is 1. The summed E-state index contributed by atoms with van der Waals surface area (Å²) in [6.07, 6.45) is 4.04. The van der Waals surface area contributed by atoms with E-state index < -0.39 is 5.91 Å². The minimum absolute atomic E-state index is 0. The molecular weight excluding hydrogens is 410 g/mol. The fraction of sp³-hybridized carbons (Fsp3) is 0.350. The molecule has 4 heterocycles. The number of carbonyl (C=O) groups excluding carboxylic acids is 1. The van der Waals surface area contributed by atoms with Crippen LogP contribution in [0.5, 0.6) is 0 Å². The first-order valence-corrected chi connectivity index (χ1v) is 10.2. The van der Waals surface area contributed by atoms with Crippen molar-refractivity contribution in [3.05, 3.63) is 53.2 Å². The fourth-order valence-electron chi connectivity index (χ4n) is 4.38. The van der Waals surface area contributed by atoms with Gasteiger partial charge in [-0.25, -0.2) is 15.4 Å². The molecule has 5 rings (SSSR count). The highest BCUT2D eigenvalue weighted by atomic mass is 35.5. The summed E-state index contributed by atoms with van der Waals surface area (Å²) in [6, 6.07) is 10.9. The number of halogens is 1. The predicted octanol–water partition coefficient (Wildman–Crippen LogP) is 2.94. The standard InChI is InChI=1S/C20H21N5O2S.ClH/c26-18(23-27)15-8-21-19(22-9-15)25-6-5-20(13-25)11-24(12-20)10-16-7-14-3-1-2-4-17(14)28-16;/h1-4,7-9,27H,5-6,10-13H2,(H,23,26);1H. The van der Waals surface area contributed by atoms with Gasteiger partial charge in [-0.3, -0.25) is 14.9 Å².